The Bertz CT molecular complexity index is 1280. The maximum absolute atomic E-state index is 14.2. The van der Waals surface area contributed by atoms with Crippen LogP contribution >= 0.6 is 0 Å². The molecule has 5 atom stereocenters. The quantitative estimate of drug-likeness (QED) is 0.424. The number of amides is 2. The van der Waals surface area contributed by atoms with Gasteiger partial charge in [0, 0.05) is 29.8 Å². The predicted molar refractivity (Wildman–Crippen MR) is 152 cm³/mol. The van der Waals surface area contributed by atoms with Crippen LogP contribution in [0, 0.1) is 11.8 Å². The van der Waals surface area contributed by atoms with Gasteiger partial charge >= 0.3 is 0 Å². The van der Waals surface area contributed by atoms with E-state index < -0.39 is 0 Å². The molecule has 3 aromatic rings. The molecular weight excluding hydrogens is 486 g/mol. The van der Waals surface area contributed by atoms with Crippen LogP contribution in [0.5, 0.6) is 0 Å². The summed E-state index contributed by atoms with van der Waals surface area (Å²) >= 11 is 0. The van der Waals surface area contributed by atoms with E-state index >= 15 is 0 Å². The summed E-state index contributed by atoms with van der Waals surface area (Å²) in [5.74, 6) is 0.171. The number of carbonyl (C=O) groups excluding carboxylic acids is 2. The Balaban J connectivity index is 1.19. The van der Waals surface area contributed by atoms with Gasteiger partial charge in [-0.05, 0) is 48.6 Å². The molecule has 6 nitrogen and oxygen atoms in total. The molecule has 0 spiro atoms. The van der Waals surface area contributed by atoms with Crippen molar-refractivity contribution >= 4 is 17.5 Å². The summed E-state index contributed by atoms with van der Waals surface area (Å²) in [5.41, 5.74) is 4.08. The van der Waals surface area contributed by atoms with Crippen LogP contribution in [0.1, 0.15) is 59.6 Å². The summed E-state index contributed by atoms with van der Waals surface area (Å²) in [6, 6.07) is 27.9. The summed E-state index contributed by atoms with van der Waals surface area (Å²) in [4.78, 5) is 29.3. The molecule has 6 heteroatoms. The number of fused-ring (bicyclic) bond motifs is 3. The maximum Gasteiger partial charge on any atom is 0.251 e. The summed E-state index contributed by atoms with van der Waals surface area (Å²) in [6.07, 6.45) is 4.64. The third-order valence-electron chi connectivity index (χ3n) is 8.71. The van der Waals surface area contributed by atoms with Gasteiger partial charge in [0.15, 0.2) is 0 Å². The highest BCUT2D eigenvalue weighted by Crippen LogP contribution is 2.47. The van der Waals surface area contributed by atoms with Crippen molar-refractivity contribution < 1.29 is 14.3 Å². The third kappa shape index (κ3) is 5.44. The molecule has 2 amide bonds. The van der Waals surface area contributed by atoms with Crippen molar-refractivity contribution in [1.82, 2.24) is 10.2 Å². The van der Waals surface area contributed by atoms with Crippen molar-refractivity contribution in [2.24, 2.45) is 11.8 Å². The second-order valence-electron chi connectivity index (χ2n) is 11.1. The minimum atomic E-state index is -0.194. The highest BCUT2D eigenvalue weighted by molar-refractivity contribution is 5.94. The lowest BCUT2D eigenvalue weighted by Crippen LogP contribution is -2.50. The van der Waals surface area contributed by atoms with E-state index in [-0.39, 0.29) is 41.8 Å². The molecule has 0 unspecified atom stereocenters. The minimum Gasteiger partial charge on any atom is -0.379 e. The minimum absolute atomic E-state index is 0.0210. The molecular formula is C33H37N3O3. The fourth-order valence-electron chi connectivity index (χ4n) is 6.77. The molecule has 1 saturated heterocycles. The van der Waals surface area contributed by atoms with Gasteiger partial charge in [-0.2, -0.15) is 0 Å². The van der Waals surface area contributed by atoms with Crippen LogP contribution in [0.4, 0.5) is 5.69 Å². The van der Waals surface area contributed by atoms with E-state index in [0.717, 1.165) is 49.9 Å². The van der Waals surface area contributed by atoms with Crippen molar-refractivity contribution in [2.45, 2.75) is 56.8 Å². The maximum atomic E-state index is 14.2. The second-order valence-corrected chi connectivity index (χ2v) is 11.1. The van der Waals surface area contributed by atoms with Gasteiger partial charge in [-0.15, -0.1) is 0 Å². The smallest absolute Gasteiger partial charge is 0.251 e. The Morgan fingerprint density at radius 2 is 1.59 bits per heavy atom. The molecule has 0 radical (unpaired) electrons. The lowest BCUT2D eigenvalue weighted by molar-refractivity contribution is -0.139. The van der Waals surface area contributed by atoms with E-state index in [2.05, 4.69) is 45.9 Å². The van der Waals surface area contributed by atoms with Crippen molar-refractivity contribution in [3.05, 3.63) is 102 Å². The van der Waals surface area contributed by atoms with Gasteiger partial charge in [0.2, 0.25) is 5.91 Å². The molecule has 2 heterocycles. The number of para-hydroxylation sites is 1. The lowest BCUT2D eigenvalue weighted by atomic mass is 9.81. The fraction of sp³-hybridized carbons (Fsp3) is 0.394. The molecule has 202 valence electrons. The Morgan fingerprint density at radius 1 is 0.872 bits per heavy atom. The summed E-state index contributed by atoms with van der Waals surface area (Å²) < 4.78 is 6.18. The summed E-state index contributed by atoms with van der Waals surface area (Å²) in [5, 5.41) is 6.94. The van der Waals surface area contributed by atoms with E-state index in [9.17, 15) is 9.59 Å². The number of hydrogen-bond acceptors (Lipinski definition) is 4. The van der Waals surface area contributed by atoms with Crippen molar-refractivity contribution in [2.75, 3.05) is 18.5 Å². The molecule has 1 saturated carbocycles. The van der Waals surface area contributed by atoms with Crippen molar-refractivity contribution in [1.29, 1.82) is 0 Å². The van der Waals surface area contributed by atoms with Gasteiger partial charge in [0.1, 0.15) is 0 Å². The normalized spacial score (nSPS) is 25.7. The zero-order chi connectivity index (χ0) is 26.6. The number of nitrogens with one attached hydrogen (secondary N) is 2. The third-order valence-corrected chi connectivity index (χ3v) is 8.71. The molecule has 0 aromatic heterocycles. The van der Waals surface area contributed by atoms with Crippen molar-refractivity contribution in [3.63, 3.8) is 0 Å². The molecule has 3 aromatic carbocycles. The van der Waals surface area contributed by atoms with Crippen LogP contribution in [-0.2, 0) is 16.1 Å². The van der Waals surface area contributed by atoms with Crippen molar-refractivity contribution in [3.8, 4) is 0 Å². The first-order chi connectivity index (χ1) is 19.2. The number of rotatable bonds is 7. The molecule has 3 aliphatic rings. The van der Waals surface area contributed by atoms with Gasteiger partial charge in [-0.25, -0.2) is 0 Å². The van der Waals surface area contributed by atoms with Crippen LogP contribution in [-0.4, -0.2) is 41.9 Å². The first kappa shape index (κ1) is 25.6. The molecule has 39 heavy (non-hydrogen) atoms. The molecule has 0 bridgehead atoms. The van der Waals surface area contributed by atoms with E-state index in [1.54, 1.807) is 0 Å². The summed E-state index contributed by atoms with van der Waals surface area (Å²) in [6.45, 7) is 1.90. The highest BCUT2D eigenvalue weighted by Gasteiger charge is 2.48. The largest absolute Gasteiger partial charge is 0.379 e. The Morgan fingerprint density at radius 3 is 2.41 bits per heavy atom. The zero-order valence-corrected chi connectivity index (χ0v) is 22.3. The number of ether oxygens (including phenoxy) is 1. The molecule has 6 rings (SSSR count). The first-order valence-electron chi connectivity index (χ1n) is 14.3. The monoisotopic (exact) mass is 523 g/mol. The van der Waals surface area contributed by atoms with Gasteiger partial charge < -0.3 is 20.3 Å². The second kappa shape index (κ2) is 11.6. The van der Waals surface area contributed by atoms with E-state index in [1.807, 2.05) is 54.6 Å². The van der Waals surface area contributed by atoms with Crippen LogP contribution < -0.4 is 10.6 Å². The topological polar surface area (TPSA) is 70.7 Å². The number of nitrogens with zero attached hydrogens (tertiary/aromatic N) is 1. The van der Waals surface area contributed by atoms with E-state index in [1.165, 1.54) is 5.56 Å². The van der Waals surface area contributed by atoms with E-state index in [4.69, 9.17) is 4.74 Å². The van der Waals surface area contributed by atoms with Crippen LogP contribution in [0.2, 0.25) is 0 Å². The molecule has 2 N–H and O–H groups in total. The zero-order valence-electron chi connectivity index (χ0n) is 22.3. The Hall–Kier alpha value is -3.64. The standard InChI is InChI=1S/C33H37N3O3/c37-32(24-13-5-2-6-14-24)35-29-18-10-8-16-27(29)33(38)36-20-19-26-30(22-39-21-23-11-3-1-4-12-23)34-28-17-9-7-15-25(28)31(26)36/h1-7,9,11-15,17,26-27,29-31,34H,8,10,16,18-22H2,(H,35,37)/t26-,27+,29-,30+,31+/m1/s1. The Labute approximate surface area is 230 Å². The molecule has 2 fully saturated rings. The number of likely N-dealkylation sites (tertiary alicyclic amines) is 1. The SMILES string of the molecule is O=C(N[C@@H]1CCCC[C@@H]1C(=O)N1CC[C@@H]2[C@H](COCc3ccccc3)Nc3ccccc3[C@@H]21)c1ccccc1. The average Bonchev–Trinajstić information content (AvgIpc) is 3.44. The van der Waals surface area contributed by atoms with Gasteiger partial charge in [-0.1, -0.05) is 79.6 Å². The lowest BCUT2D eigenvalue weighted by Gasteiger charge is -2.41. The van der Waals surface area contributed by atoms with Gasteiger partial charge in [0.25, 0.3) is 5.91 Å². The molecule has 2 aliphatic heterocycles. The number of hydrogen-bond donors (Lipinski definition) is 2. The van der Waals surface area contributed by atoms with Crippen LogP contribution in [0.3, 0.4) is 0 Å². The predicted octanol–water partition coefficient (Wildman–Crippen LogP) is 5.58. The van der Waals surface area contributed by atoms with Crippen LogP contribution in [0.25, 0.3) is 0 Å². The van der Waals surface area contributed by atoms with Crippen LogP contribution in [0.15, 0.2) is 84.9 Å². The van der Waals surface area contributed by atoms with Gasteiger partial charge in [-0.3, -0.25) is 9.59 Å². The fourth-order valence-corrected chi connectivity index (χ4v) is 6.77. The van der Waals surface area contributed by atoms with Gasteiger partial charge in [0.05, 0.1) is 31.2 Å². The Kier molecular flexibility index (Phi) is 7.64. The number of anilines is 1. The number of carbonyl (C=O) groups is 2. The molecule has 1 aliphatic carbocycles. The highest BCUT2D eigenvalue weighted by atomic mass is 16.5. The summed E-state index contributed by atoms with van der Waals surface area (Å²) in [7, 11) is 0. The number of benzene rings is 3. The first-order valence-corrected chi connectivity index (χ1v) is 14.3. The average molecular weight is 524 g/mol. The van der Waals surface area contributed by atoms with E-state index in [0.29, 0.717) is 18.8 Å².